The van der Waals surface area contributed by atoms with Gasteiger partial charge in [-0.2, -0.15) is 5.10 Å². The number of aryl methyl sites for hydroxylation is 2. The summed E-state index contributed by atoms with van der Waals surface area (Å²) < 4.78 is 0. The topological polar surface area (TPSA) is 60.6 Å². The first-order valence-corrected chi connectivity index (χ1v) is 8.91. The van der Waals surface area contributed by atoms with Crippen molar-refractivity contribution in [1.29, 1.82) is 0 Å². The van der Waals surface area contributed by atoms with E-state index < -0.39 is 0 Å². The molecule has 0 saturated carbocycles. The Morgan fingerprint density at radius 3 is 2.88 bits per heavy atom. The van der Waals surface area contributed by atoms with Gasteiger partial charge in [-0.3, -0.25) is 10.00 Å². The van der Waals surface area contributed by atoms with Crippen LogP contribution in [0.15, 0.2) is 12.1 Å². The molecule has 5 nitrogen and oxygen atoms in total. The lowest BCUT2D eigenvalue weighted by atomic mass is 10.0. The van der Waals surface area contributed by atoms with Gasteiger partial charge in [0.15, 0.2) is 5.82 Å². The lowest BCUT2D eigenvalue weighted by molar-refractivity contribution is 0.247. The highest BCUT2D eigenvalue weighted by Crippen LogP contribution is 2.28. The average molecular weight is 323 g/mol. The molecule has 5 heteroatoms. The smallest absolute Gasteiger partial charge is 0.159 e. The van der Waals surface area contributed by atoms with Crippen molar-refractivity contribution in [2.75, 3.05) is 13.1 Å². The molecule has 0 amide bonds. The number of hydrogen-bond acceptors (Lipinski definition) is 3. The Labute approximate surface area is 142 Å². The van der Waals surface area contributed by atoms with Crippen LogP contribution in [0, 0.1) is 13.8 Å². The summed E-state index contributed by atoms with van der Waals surface area (Å²) in [6.45, 7) is 9.77. The SMILES string of the molecule is CCCCN1CCc2c(-c3nc4cc(C)c(C)cc4[nH]3)n[nH]c2C1. The van der Waals surface area contributed by atoms with Crippen LogP contribution in [-0.4, -0.2) is 38.2 Å². The summed E-state index contributed by atoms with van der Waals surface area (Å²) in [7, 11) is 0. The fourth-order valence-corrected chi connectivity index (χ4v) is 3.52. The molecule has 24 heavy (non-hydrogen) atoms. The molecule has 1 aliphatic rings. The second-order valence-corrected chi connectivity index (χ2v) is 6.95. The Morgan fingerprint density at radius 2 is 2.04 bits per heavy atom. The molecule has 0 spiro atoms. The maximum absolute atomic E-state index is 4.78. The van der Waals surface area contributed by atoms with Crippen LogP contribution in [0.1, 0.15) is 42.1 Å². The molecular weight excluding hydrogens is 298 g/mol. The van der Waals surface area contributed by atoms with E-state index >= 15 is 0 Å². The highest BCUT2D eigenvalue weighted by Gasteiger charge is 2.23. The van der Waals surface area contributed by atoms with Gasteiger partial charge in [-0.15, -0.1) is 0 Å². The molecule has 4 rings (SSSR count). The van der Waals surface area contributed by atoms with Crippen LogP contribution < -0.4 is 0 Å². The zero-order valence-corrected chi connectivity index (χ0v) is 14.7. The zero-order valence-electron chi connectivity index (χ0n) is 14.7. The molecule has 0 radical (unpaired) electrons. The Balaban J connectivity index is 1.66. The lowest BCUT2D eigenvalue weighted by Crippen LogP contribution is -2.31. The molecule has 0 saturated heterocycles. The number of hydrogen-bond donors (Lipinski definition) is 2. The third-order valence-electron chi connectivity index (χ3n) is 5.16. The van der Waals surface area contributed by atoms with Crippen molar-refractivity contribution in [3.05, 3.63) is 34.5 Å². The van der Waals surface area contributed by atoms with Crippen LogP contribution in [0.3, 0.4) is 0 Å². The van der Waals surface area contributed by atoms with Gasteiger partial charge in [0.25, 0.3) is 0 Å². The molecule has 2 aromatic heterocycles. The molecule has 3 heterocycles. The minimum Gasteiger partial charge on any atom is -0.337 e. The van der Waals surface area contributed by atoms with Crippen molar-refractivity contribution >= 4 is 11.0 Å². The van der Waals surface area contributed by atoms with Gasteiger partial charge in [0.2, 0.25) is 0 Å². The molecule has 3 aromatic rings. The minimum absolute atomic E-state index is 0.884. The van der Waals surface area contributed by atoms with E-state index in [1.54, 1.807) is 0 Å². The van der Waals surface area contributed by atoms with Gasteiger partial charge in [0, 0.05) is 18.7 Å². The first kappa shape index (κ1) is 15.4. The van der Waals surface area contributed by atoms with Crippen LogP contribution in [-0.2, 0) is 13.0 Å². The molecule has 0 aliphatic carbocycles. The van der Waals surface area contributed by atoms with Crippen molar-refractivity contribution in [2.45, 2.75) is 46.6 Å². The highest BCUT2D eigenvalue weighted by atomic mass is 15.2. The summed E-state index contributed by atoms with van der Waals surface area (Å²) >= 11 is 0. The number of unbranched alkanes of at least 4 members (excludes halogenated alkanes) is 1. The minimum atomic E-state index is 0.884. The predicted octanol–water partition coefficient (Wildman–Crippen LogP) is 3.73. The zero-order chi connectivity index (χ0) is 16.7. The first-order chi connectivity index (χ1) is 11.7. The third kappa shape index (κ3) is 2.63. The fourth-order valence-electron chi connectivity index (χ4n) is 3.52. The van der Waals surface area contributed by atoms with E-state index in [0.29, 0.717) is 0 Å². The van der Waals surface area contributed by atoms with E-state index in [9.17, 15) is 0 Å². The Morgan fingerprint density at radius 1 is 1.21 bits per heavy atom. The lowest BCUT2D eigenvalue weighted by Gasteiger charge is -2.26. The number of rotatable bonds is 4. The summed E-state index contributed by atoms with van der Waals surface area (Å²) in [6.07, 6.45) is 3.55. The van der Waals surface area contributed by atoms with Gasteiger partial charge in [0.05, 0.1) is 16.7 Å². The number of imidazole rings is 1. The number of H-pyrrole nitrogens is 2. The molecule has 0 bridgehead atoms. The first-order valence-electron chi connectivity index (χ1n) is 8.91. The molecule has 0 fully saturated rings. The number of aromatic nitrogens is 4. The number of aromatic amines is 2. The van der Waals surface area contributed by atoms with E-state index in [4.69, 9.17) is 4.98 Å². The third-order valence-corrected chi connectivity index (χ3v) is 5.16. The number of benzene rings is 1. The van der Waals surface area contributed by atoms with E-state index in [1.165, 1.54) is 41.8 Å². The number of fused-ring (bicyclic) bond motifs is 2. The second kappa shape index (κ2) is 6.06. The molecule has 0 unspecified atom stereocenters. The Hall–Kier alpha value is -2.14. The van der Waals surface area contributed by atoms with Crippen LogP contribution in [0.5, 0.6) is 0 Å². The van der Waals surface area contributed by atoms with Gasteiger partial charge in [0.1, 0.15) is 5.69 Å². The standard InChI is InChI=1S/C19H25N5/c1-4-5-7-24-8-6-14-17(11-24)22-23-18(14)19-20-15-9-12(2)13(3)10-16(15)21-19/h9-10H,4-8,11H2,1-3H3,(H,20,21)(H,22,23). The fraction of sp³-hybridized carbons (Fsp3) is 0.474. The van der Waals surface area contributed by atoms with Gasteiger partial charge in [-0.25, -0.2) is 4.98 Å². The van der Waals surface area contributed by atoms with Gasteiger partial charge >= 0.3 is 0 Å². The van der Waals surface area contributed by atoms with Crippen LogP contribution >= 0.6 is 0 Å². The summed E-state index contributed by atoms with van der Waals surface area (Å²) in [4.78, 5) is 10.7. The Bertz CT molecular complexity index is 834. The highest BCUT2D eigenvalue weighted by molar-refractivity contribution is 5.81. The van der Waals surface area contributed by atoms with Gasteiger partial charge < -0.3 is 4.98 Å². The molecule has 0 atom stereocenters. The van der Waals surface area contributed by atoms with Crippen molar-refractivity contribution < 1.29 is 0 Å². The van der Waals surface area contributed by atoms with E-state index in [0.717, 1.165) is 42.1 Å². The van der Waals surface area contributed by atoms with E-state index in [2.05, 4.69) is 53.0 Å². The van der Waals surface area contributed by atoms with Gasteiger partial charge in [-0.05, 0) is 56.5 Å². The number of nitrogens with one attached hydrogen (secondary N) is 2. The molecular formula is C19H25N5. The van der Waals surface area contributed by atoms with E-state index in [-0.39, 0.29) is 0 Å². The van der Waals surface area contributed by atoms with Crippen molar-refractivity contribution in [3.63, 3.8) is 0 Å². The van der Waals surface area contributed by atoms with Crippen LogP contribution in [0.4, 0.5) is 0 Å². The molecule has 126 valence electrons. The maximum atomic E-state index is 4.78. The predicted molar refractivity (Wildman–Crippen MR) is 97.0 cm³/mol. The van der Waals surface area contributed by atoms with Crippen molar-refractivity contribution in [3.8, 4) is 11.5 Å². The number of nitrogens with zero attached hydrogens (tertiary/aromatic N) is 3. The Kier molecular flexibility index (Phi) is 3.88. The second-order valence-electron chi connectivity index (χ2n) is 6.95. The summed E-state index contributed by atoms with van der Waals surface area (Å²) in [5.74, 6) is 0.884. The monoisotopic (exact) mass is 323 g/mol. The van der Waals surface area contributed by atoms with E-state index in [1.807, 2.05) is 0 Å². The molecule has 2 N–H and O–H groups in total. The summed E-state index contributed by atoms with van der Waals surface area (Å²) in [5, 5.41) is 7.82. The summed E-state index contributed by atoms with van der Waals surface area (Å²) in [5.41, 5.74) is 8.24. The normalized spacial score (nSPS) is 15.1. The largest absolute Gasteiger partial charge is 0.337 e. The maximum Gasteiger partial charge on any atom is 0.159 e. The van der Waals surface area contributed by atoms with Crippen LogP contribution in [0.2, 0.25) is 0 Å². The quantitative estimate of drug-likeness (QED) is 0.769. The van der Waals surface area contributed by atoms with Crippen molar-refractivity contribution in [1.82, 2.24) is 25.1 Å². The van der Waals surface area contributed by atoms with Crippen LogP contribution in [0.25, 0.3) is 22.6 Å². The summed E-state index contributed by atoms with van der Waals surface area (Å²) in [6, 6.07) is 4.32. The average Bonchev–Trinajstić information content (AvgIpc) is 3.16. The molecule has 1 aliphatic heterocycles. The molecule has 1 aromatic carbocycles. The van der Waals surface area contributed by atoms with Gasteiger partial charge in [-0.1, -0.05) is 13.3 Å². The van der Waals surface area contributed by atoms with Crippen molar-refractivity contribution in [2.24, 2.45) is 0 Å².